The summed E-state index contributed by atoms with van der Waals surface area (Å²) in [7, 11) is 2.00. The van der Waals surface area contributed by atoms with Crippen LogP contribution in [-0.2, 0) is 23.1 Å². The molecule has 0 unspecified atom stereocenters. The summed E-state index contributed by atoms with van der Waals surface area (Å²) < 4.78 is 2.06. The lowest BCUT2D eigenvalue weighted by Crippen LogP contribution is -2.64. The molecule has 2 aromatic carbocycles. The number of pyridine rings is 1. The van der Waals surface area contributed by atoms with E-state index in [0.717, 1.165) is 27.7 Å². The highest BCUT2D eigenvalue weighted by Crippen LogP contribution is 2.35. The van der Waals surface area contributed by atoms with Crippen molar-refractivity contribution < 1.29 is 9.59 Å². The van der Waals surface area contributed by atoms with E-state index in [-0.39, 0.29) is 17.7 Å². The fourth-order valence-corrected chi connectivity index (χ4v) is 4.59. The Morgan fingerprint density at radius 1 is 0.906 bits per heavy atom. The van der Waals surface area contributed by atoms with Gasteiger partial charge in [0.05, 0.1) is 0 Å². The van der Waals surface area contributed by atoms with E-state index in [1.165, 1.54) is 0 Å². The Hall–Kier alpha value is -3.93. The number of carbonyl (C=O) groups excluding carboxylic acids is 2. The van der Waals surface area contributed by atoms with E-state index >= 15 is 0 Å². The number of aryl methyl sites for hydroxylation is 1. The van der Waals surface area contributed by atoms with Gasteiger partial charge in [-0.25, -0.2) is 0 Å². The quantitative estimate of drug-likeness (QED) is 0.517. The van der Waals surface area contributed by atoms with Crippen molar-refractivity contribution in [3.63, 3.8) is 0 Å². The second kappa shape index (κ2) is 8.30. The maximum absolute atomic E-state index is 13.3. The van der Waals surface area contributed by atoms with Crippen LogP contribution in [0.5, 0.6) is 0 Å². The number of hydrogen-bond donors (Lipinski definition) is 2. The van der Waals surface area contributed by atoms with Crippen molar-refractivity contribution in [3.8, 4) is 0 Å². The van der Waals surface area contributed by atoms with Crippen LogP contribution in [0, 0.1) is 0 Å². The molecule has 0 saturated carbocycles. The predicted octanol–water partition coefficient (Wildman–Crippen LogP) is 2.93. The van der Waals surface area contributed by atoms with Crippen molar-refractivity contribution in [1.82, 2.24) is 20.2 Å². The van der Waals surface area contributed by atoms with Crippen LogP contribution < -0.4 is 10.6 Å². The Morgan fingerprint density at radius 2 is 1.66 bits per heavy atom. The minimum Gasteiger partial charge on any atom is -0.350 e. The molecule has 160 valence electrons. The molecule has 1 fully saturated rings. The van der Waals surface area contributed by atoms with Gasteiger partial charge in [0.2, 0.25) is 11.8 Å². The average molecular weight is 425 g/mol. The number of amides is 2. The standard InChI is InChI=1S/C26H24N4O2/c1-30-16-20(19-12-5-6-13-22(19)30)23(17-9-3-2-4-10-17)24-26(32)28-21(25(31)29-24)15-18-11-7-8-14-27-18/h2-14,16,21,23-24H,15H2,1H3,(H,28,32)(H,29,31)/t21-,23+,24+/m0/s1. The number of carbonyl (C=O) groups is 2. The Bertz CT molecular complexity index is 1270. The third-order valence-corrected chi connectivity index (χ3v) is 6.11. The van der Waals surface area contributed by atoms with Crippen LogP contribution in [0.3, 0.4) is 0 Å². The number of para-hydroxylation sites is 1. The number of rotatable bonds is 5. The zero-order valence-corrected chi connectivity index (χ0v) is 17.7. The van der Waals surface area contributed by atoms with E-state index in [4.69, 9.17) is 0 Å². The van der Waals surface area contributed by atoms with Gasteiger partial charge in [0.25, 0.3) is 0 Å². The molecule has 32 heavy (non-hydrogen) atoms. The van der Waals surface area contributed by atoms with Crippen molar-refractivity contribution in [2.45, 2.75) is 24.4 Å². The molecule has 2 aromatic heterocycles. The molecule has 2 amide bonds. The van der Waals surface area contributed by atoms with Crippen LogP contribution in [0.25, 0.3) is 10.9 Å². The summed E-state index contributed by atoms with van der Waals surface area (Å²) in [5, 5.41) is 7.03. The molecule has 1 saturated heterocycles. The van der Waals surface area contributed by atoms with Gasteiger partial charge in [-0.3, -0.25) is 14.6 Å². The van der Waals surface area contributed by atoms with Gasteiger partial charge in [0, 0.05) is 48.4 Å². The highest BCUT2D eigenvalue weighted by molar-refractivity contribution is 5.98. The second-order valence-electron chi connectivity index (χ2n) is 8.17. The first-order chi connectivity index (χ1) is 15.6. The molecule has 4 aromatic rings. The van der Waals surface area contributed by atoms with Gasteiger partial charge in [0.15, 0.2) is 0 Å². The van der Waals surface area contributed by atoms with Crippen LogP contribution in [0.2, 0.25) is 0 Å². The molecule has 3 atom stereocenters. The molecular formula is C26H24N4O2. The summed E-state index contributed by atoms with van der Waals surface area (Å²) in [4.78, 5) is 30.6. The summed E-state index contributed by atoms with van der Waals surface area (Å²) in [6.07, 6.45) is 4.10. The molecule has 3 heterocycles. The molecule has 0 spiro atoms. The molecule has 0 bridgehead atoms. The number of aromatic nitrogens is 2. The highest BCUT2D eigenvalue weighted by Gasteiger charge is 2.40. The number of nitrogens with one attached hydrogen (secondary N) is 2. The van der Waals surface area contributed by atoms with E-state index in [1.807, 2.05) is 67.7 Å². The number of fused-ring (bicyclic) bond motifs is 1. The maximum Gasteiger partial charge on any atom is 0.244 e. The molecule has 6 heteroatoms. The summed E-state index contributed by atoms with van der Waals surface area (Å²) in [6.45, 7) is 0. The Labute approximate surface area is 186 Å². The first-order valence-electron chi connectivity index (χ1n) is 10.7. The topological polar surface area (TPSA) is 76.0 Å². The molecule has 0 radical (unpaired) electrons. The van der Waals surface area contributed by atoms with Crippen LogP contribution in [-0.4, -0.2) is 33.4 Å². The summed E-state index contributed by atoms with van der Waals surface area (Å²) in [6, 6.07) is 22.2. The first kappa shape index (κ1) is 20.0. The Balaban J connectivity index is 1.52. The monoisotopic (exact) mass is 424 g/mol. The van der Waals surface area contributed by atoms with Crippen LogP contribution in [0.4, 0.5) is 0 Å². The van der Waals surface area contributed by atoms with E-state index in [1.54, 1.807) is 6.20 Å². The third-order valence-electron chi connectivity index (χ3n) is 6.11. The summed E-state index contributed by atoms with van der Waals surface area (Å²) in [5.74, 6) is -0.698. The third kappa shape index (κ3) is 3.64. The molecule has 1 aliphatic rings. The van der Waals surface area contributed by atoms with Crippen molar-refractivity contribution in [2.75, 3.05) is 0 Å². The number of hydrogen-bond acceptors (Lipinski definition) is 3. The minimum absolute atomic E-state index is 0.188. The Morgan fingerprint density at radius 3 is 2.44 bits per heavy atom. The van der Waals surface area contributed by atoms with E-state index in [2.05, 4.69) is 38.5 Å². The normalized spacial score (nSPS) is 19.4. The lowest BCUT2D eigenvalue weighted by Gasteiger charge is -2.34. The van der Waals surface area contributed by atoms with E-state index < -0.39 is 12.1 Å². The molecule has 2 N–H and O–H groups in total. The van der Waals surface area contributed by atoms with Gasteiger partial charge >= 0.3 is 0 Å². The molecular weight excluding hydrogens is 400 g/mol. The van der Waals surface area contributed by atoms with Gasteiger partial charge in [0.1, 0.15) is 12.1 Å². The first-order valence-corrected chi connectivity index (χ1v) is 10.7. The zero-order valence-electron chi connectivity index (χ0n) is 17.7. The zero-order chi connectivity index (χ0) is 22.1. The number of benzene rings is 2. The van der Waals surface area contributed by atoms with Crippen molar-refractivity contribution in [2.24, 2.45) is 7.05 Å². The molecule has 6 nitrogen and oxygen atoms in total. The van der Waals surface area contributed by atoms with Crippen LogP contribution in [0.1, 0.15) is 22.7 Å². The molecule has 1 aliphatic heterocycles. The number of nitrogens with zero attached hydrogens (tertiary/aromatic N) is 2. The van der Waals surface area contributed by atoms with Crippen LogP contribution in [0.15, 0.2) is 85.2 Å². The van der Waals surface area contributed by atoms with Gasteiger partial charge in [-0.1, -0.05) is 54.6 Å². The summed E-state index contributed by atoms with van der Waals surface area (Å²) >= 11 is 0. The Kier molecular flexibility index (Phi) is 5.19. The van der Waals surface area contributed by atoms with E-state index in [0.29, 0.717) is 6.42 Å². The van der Waals surface area contributed by atoms with Gasteiger partial charge in [-0.15, -0.1) is 0 Å². The summed E-state index contributed by atoms with van der Waals surface area (Å²) in [5.41, 5.74) is 3.84. The van der Waals surface area contributed by atoms with Crippen molar-refractivity contribution in [1.29, 1.82) is 0 Å². The average Bonchev–Trinajstić information content (AvgIpc) is 3.15. The van der Waals surface area contributed by atoms with Crippen LogP contribution >= 0.6 is 0 Å². The fourth-order valence-electron chi connectivity index (χ4n) is 4.59. The minimum atomic E-state index is -0.712. The lowest BCUT2D eigenvalue weighted by molar-refractivity contribution is -0.137. The van der Waals surface area contributed by atoms with Gasteiger partial charge in [-0.05, 0) is 29.3 Å². The number of piperazine rings is 1. The van der Waals surface area contributed by atoms with Gasteiger partial charge < -0.3 is 15.2 Å². The maximum atomic E-state index is 13.3. The van der Waals surface area contributed by atoms with Gasteiger partial charge in [-0.2, -0.15) is 0 Å². The largest absolute Gasteiger partial charge is 0.350 e. The van der Waals surface area contributed by atoms with E-state index in [9.17, 15) is 9.59 Å². The molecule has 5 rings (SSSR count). The highest BCUT2D eigenvalue weighted by atomic mass is 16.2. The molecule has 0 aliphatic carbocycles. The smallest absolute Gasteiger partial charge is 0.244 e. The SMILES string of the molecule is Cn1cc([C@@H](c2ccccc2)[C@H]2NC(=O)[C@H](Cc3ccccn3)NC2=O)c2ccccc21. The predicted molar refractivity (Wildman–Crippen MR) is 123 cm³/mol. The van der Waals surface area contributed by atoms with Crippen molar-refractivity contribution >= 4 is 22.7 Å². The fraction of sp³-hybridized carbons (Fsp3) is 0.192. The van der Waals surface area contributed by atoms with Crippen molar-refractivity contribution in [3.05, 3.63) is 102 Å². The lowest BCUT2D eigenvalue weighted by atomic mass is 9.83. The second-order valence-corrected chi connectivity index (χ2v) is 8.17.